The first-order valence-electron chi connectivity index (χ1n) is 8.91. The van der Waals surface area contributed by atoms with E-state index in [4.69, 9.17) is 4.42 Å². The van der Waals surface area contributed by atoms with Crippen LogP contribution in [0.3, 0.4) is 0 Å². The van der Waals surface area contributed by atoms with Crippen molar-refractivity contribution in [1.29, 1.82) is 0 Å². The van der Waals surface area contributed by atoms with E-state index in [1.807, 2.05) is 18.2 Å². The number of rotatable bonds is 3. The number of para-hydroxylation sites is 1. The maximum atomic E-state index is 12.3. The molecule has 2 aliphatic rings. The number of fused-ring (bicyclic) bond motifs is 2. The van der Waals surface area contributed by atoms with Gasteiger partial charge in [-0.1, -0.05) is 25.1 Å². The van der Waals surface area contributed by atoms with Gasteiger partial charge in [-0.2, -0.15) is 0 Å². The van der Waals surface area contributed by atoms with Crippen LogP contribution in [0, 0.1) is 0 Å². The van der Waals surface area contributed by atoms with E-state index in [-0.39, 0.29) is 30.3 Å². The number of benzene rings is 1. The van der Waals surface area contributed by atoms with Crippen LogP contribution in [0.2, 0.25) is 0 Å². The largest absolute Gasteiger partial charge is 0.461 e. The second kappa shape index (κ2) is 7.29. The number of halogens is 1. The Hall–Kier alpha value is -2.05. The summed E-state index contributed by atoms with van der Waals surface area (Å²) in [6.07, 6.45) is 0.837. The predicted octanol–water partition coefficient (Wildman–Crippen LogP) is 1.95. The van der Waals surface area contributed by atoms with E-state index in [1.54, 1.807) is 11.8 Å². The molecular formula is C19H24ClN3O3. The lowest BCUT2D eigenvalue weighted by Crippen LogP contribution is -2.68. The highest BCUT2D eigenvalue weighted by Crippen LogP contribution is 2.28. The maximum absolute atomic E-state index is 12.3. The lowest BCUT2D eigenvalue weighted by Gasteiger charge is -2.44. The highest BCUT2D eigenvalue weighted by Gasteiger charge is 2.41. The summed E-state index contributed by atoms with van der Waals surface area (Å²) in [5, 5.41) is 3.92. The average molecular weight is 378 g/mol. The molecule has 2 fully saturated rings. The Kier molecular flexibility index (Phi) is 5.25. The number of carbonyl (C=O) groups excluding carboxylic acids is 2. The van der Waals surface area contributed by atoms with E-state index in [2.05, 4.69) is 23.2 Å². The van der Waals surface area contributed by atoms with Crippen molar-refractivity contribution in [2.45, 2.75) is 38.9 Å². The van der Waals surface area contributed by atoms with Crippen molar-refractivity contribution in [3.63, 3.8) is 0 Å². The molecule has 7 heteroatoms. The first-order chi connectivity index (χ1) is 12.1. The van der Waals surface area contributed by atoms with Crippen molar-refractivity contribution in [2.24, 2.45) is 0 Å². The molecule has 0 bridgehead atoms. The number of amides is 2. The lowest BCUT2D eigenvalue weighted by atomic mass is 10.0. The van der Waals surface area contributed by atoms with E-state index in [0.717, 1.165) is 36.2 Å². The van der Waals surface area contributed by atoms with Gasteiger partial charge in [0.15, 0.2) is 0 Å². The molecule has 2 amide bonds. The van der Waals surface area contributed by atoms with Gasteiger partial charge in [-0.05, 0) is 13.0 Å². The summed E-state index contributed by atoms with van der Waals surface area (Å²) < 4.78 is 5.98. The number of piperazine rings is 2. The van der Waals surface area contributed by atoms with Crippen LogP contribution >= 0.6 is 12.4 Å². The summed E-state index contributed by atoms with van der Waals surface area (Å²) in [7, 11) is 0. The van der Waals surface area contributed by atoms with Gasteiger partial charge in [-0.3, -0.25) is 14.5 Å². The van der Waals surface area contributed by atoms with Gasteiger partial charge in [0.05, 0.1) is 0 Å². The molecule has 140 valence electrons. The Labute approximate surface area is 158 Å². The zero-order valence-corrected chi connectivity index (χ0v) is 15.8. The molecule has 4 rings (SSSR count). The van der Waals surface area contributed by atoms with Crippen molar-refractivity contribution >= 4 is 35.2 Å². The van der Waals surface area contributed by atoms with Gasteiger partial charge in [0.1, 0.15) is 23.4 Å². The molecule has 2 aromatic rings. The van der Waals surface area contributed by atoms with Gasteiger partial charge < -0.3 is 14.6 Å². The van der Waals surface area contributed by atoms with Crippen LogP contribution in [0.5, 0.6) is 0 Å². The van der Waals surface area contributed by atoms with Gasteiger partial charge in [0.2, 0.25) is 11.8 Å². The standard InChI is InChI=1S/C19H23N3O3.ClH/c1-3-16-14(13-6-4-5-7-17(13)25-16)10-21-8-9-22-15(11-21)18(23)20-12(2)19(22)24;/h4-7,12,15H,3,8-11H2,1-2H3,(H,20,23);1H. The van der Waals surface area contributed by atoms with Crippen LogP contribution < -0.4 is 5.32 Å². The molecule has 2 saturated heterocycles. The summed E-state index contributed by atoms with van der Waals surface area (Å²) in [4.78, 5) is 28.6. The first kappa shape index (κ1) is 18.7. The quantitative estimate of drug-likeness (QED) is 0.887. The Morgan fingerprint density at radius 1 is 1.23 bits per heavy atom. The summed E-state index contributed by atoms with van der Waals surface area (Å²) >= 11 is 0. The fourth-order valence-corrected chi connectivity index (χ4v) is 3.92. The van der Waals surface area contributed by atoms with Crippen molar-refractivity contribution < 1.29 is 14.0 Å². The fraction of sp³-hybridized carbons (Fsp3) is 0.474. The Morgan fingerprint density at radius 2 is 2.00 bits per heavy atom. The average Bonchev–Trinajstić information content (AvgIpc) is 2.98. The van der Waals surface area contributed by atoms with Crippen LogP contribution in [0.15, 0.2) is 28.7 Å². The third-order valence-corrected chi connectivity index (χ3v) is 5.26. The minimum absolute atomic E-state index is 0. The van der Waals surface area contributed by atoms with Gasteiger partial charge in [-0.15, -0.1) is 12.4 Å². The number of hydrogen-bond acceptors (Lipinski definition) is 4. The topological polar surface area (TPSA) is 65.8 Å². The molecule has 2 unspecified atom stereocenters. The highest BCUT2D eigenvalue weighted by atomic mass is 35.5. The van der Waals surface area contributed by atoms with Crippen LogP contribution in [-0.2, 0) is 22.6 Å². The fourth-order valence-electron chi connectivity index (χ4n) is 3.92. The van der Waals surface area contributed by atoms with E-state index in [9.17, 15) is 9.59 Å². The van der Waals surface area contributed by atoms with Gasteiger partial charge in [-0.25, -0.2) is 0 Å². The predicted molar refractivity (Wildman–Crippen MR) is 101 cm³/mol. The number of nitrogens with zero attached hydrogens (tertiary/aromatic N) is 2. The second-order valence-corrected chi connectivity index (χ2v) is 6.87. The lowest BCUT2D eigenvalue weighted by molar-refractivity contribution is -0.152. The second-order valence-electron chi connectivity index (χ2n) is 6.87. The zero-order valence-electron chi connectivity index (χ0n) is 15.0. The van der Waals surface area contributed by atoms with E-state index >= 15 is 0 Å². The Bertz CT molecular complexity index is 835. The third kappa shape index (κ3) is 3.08. The number of hydrogen-bond donors (Lipinski definition) is 1. The molecule has 2 atom stereocenters. The minimum Gasteiger partial charge on any atom is -0.461 e. The molecule has 1 N–H and O–H groups in total. The Balaban J connectivity index is 0.00000196. The van der Waals surface area contributed by atoms with E-state index < -0.39 is 6.04 Å². The van der Waals surface area contributed by atoms with Crippen LogP contribution in [0.1, 0.15) is 25.2 Å². The molecule has 2 aliphatic heterocycles. The van der Waals surface area contributed by atoms with Crippen molar-refractivity contribution in [3.05, 3.63) is 35.6 Å². The van der Waals surface area contributed by atoms with E-state index in [0.29, 0.717) is 13.1 Å². The molecule has 6 nitrogen and oxygen atoms in total. The summed E-state index contributed by atoms with van der Waals surface area (Å²) in [6, 6.07) is 7.27. The van der Waals surface area contributed by atoms with Crippen molar-refractivity contribution in [1.82, 2.24) is 15.1 Å². The van der Waals surface area contributed by atoms with E-state index in [1.165, 1.54) is 5.56 Å². The molecule has 0 saturated carbocycles. The molecule has 1 aromatic carbocycles. The van der Waals surface area contributed by atoms with Gasteiger partial charge >= 0.3 is 0 Å². The molecule has 1 aromatic heterocycles. The van der Waals surface area contributed by atoms with Crippen LogP contribution in [0.4, 0.5) is 0 Å². The number of furan rings is 1. The highest BCUT2D eigenvalue weighted by molar-refractivity contribution is 5.97. The van der Waals surface area contributed by atoms with Crippen molar-refractivity contribution in [3.8, 4) is 0 Å². The molecule has 26 heavy (non-hydrogen) atoms. The normalized spacial score (nSPS) is 23.5. The maximum Gasteiger partial charge on any atom is 0.245 e. The Morgan fingerprint density at radius 3 is 2.77 bits per heavy atom. The summed E-state index contributed by atoms with van der Waals surface area (Å²) in [6.45, 7) is 6.50. The van der Waals surface area contributed by atoms with Gasteiger partial charge in [0, 0.05) is 43.5 Å². The zero-order chi connectivity index (χ0) is 17.6. The molecular weight excluding hydrogens is 354 g/mol. The summed E-state index contributed by atoms with van der Waals surface area (Å²) in [5.74, 6) is 0.971. The smallest absolute Gasteiger partial charge is 0.245 e. The monoisotopic (exact) mass is 377 g/mol. The molecule has 0 spiro atoms. The molecule has 0 radical (unpaired) electrons. The minimum atomic E-state index is -0.417. The summed E-state index contributed by atoms with van der Waals surface area (Å²) in [5.41, 5.74) is 2.11. The molecule has 0 aliphatic carbocycles. The molecule has 3 heterocycles. The number of nitrogens with one attached hydrogen (secondary N) is 1. The van der Waals surface area contributed by atoms with Gasteiger partial charge in [0.25, 0.3) is 0 Å². The van der Waals surface area contributed by atoms with Crippen LogP contribution in [0.25, 0.3) is 11.0 Å². The van der Waals surface area contributed by atoms with Crippen LogP contribution in [-0.4, -0.2) is 53.3 Å². The number of aryl methyl sites for hydroxylation is 1. The number of carbonyl (C=O) groups is 2. The first-order valence-corrected chi connectivity index (χ1v) is 8.91. The van der Waals surface area contributed by atoms with Crippen molar-refractivity contribution in [2.75, 3.05) is 19.6 Å². The third-order valence-electron chi connectivity index (χ3n) is 5.26. The SMILES string of the molecule is CCc1oc2ccccc2c1CN1CCN2C(=O)C(C)NC(=O)C2C1.Cl.